The summed E-state index contributed by atoms with van der Waals surface area (Å²) in [4.78, 5) is 0. The van der Waals surface area contributed by atoms with Crippen molar-refractivity contribution in [2.45, 2.75) is 31.3 Å². The summed E-state index contributed by atoms with van der Waals surface area (Å²) in [5.41, 5.74) is 5.59. The van der Waals surface area contributed by atoms with Crippen LogP contribution in [0, 0.1) is 0 Å². The molecule has 7 heteroatoms. The van der Waals surface area contributed by atoms with E-state index in [1.807, 2.05) is 0 Å². The topological polar surface area (TPSA) is 121 Å². The molecule has 3 aliphatic rings. The summed E-state index contributed by atoms with van der Waals surface area (Å²) < 4.78 is 0.498. The SMILES string of the molecule is Oc1cc2c(cc1O)[C@H]1Cc3cc(O)c(O)cc3[N@+]13CCc1cc(O)c(O)cc1[C@@H]3C2. The van der Waals surface area contributed by atoms with Gasteiger partial charge < -0.3 is 30.6 Å². The number of phenols is 6. The van der Waals surface area contributed by atoms with Crippen LogP contribution in [0.4, 0.5) is 5.69 Å². The second-order valence-corrected chi connectivity index (χ2v) is 8.89. The number of fused-ring (bicyclic) bond motifs is 5. The Morgan fingerprint density at radius 2 is 1.00 bits per heavy atom. The van der Waals surface area contributed by atoms with E-state index in [1.165, 1.54) is 0 Å². The fourth-order valence-electron chi connectivity index (χ4n) is 6.20. The van der Waals surface area contributed by atoms with Gasteiger partial charge in [0.15, 0.2) is 34.5 Å². The predicted molar refractivity (Wildman–Crippen MR) is 113 cm³/mol. The molecule has 0 saturated heterocycles. The third-order valence-electron chi connectivity index (χ3n) is 7.51. The summed E-state index contributed by atoms with van der Waals surface area (Å²) >= 11 is 0. The minimum Gasteiger partial charge on any atom is -0.504 e. The van der Waals surface area contributed by atoms with Crippen LogP contribution in [-0.4, -0.2) is 37.2 Å². The first kappa shape index (κ1) is 18.2. The van der Waals surface area contributed by atoms with Crippen LogP contribution >= 0.6 is 0 Å². The molecule has 0 saturated carbocycles. The molecule has 0 bridgehead atoms. The maximum atomic E-state index is 10.3. The van der Waals surface area contributed by atoms with Gasteiger partial charge in [-0.15, -0.1) is 0 Å². The highest BCUT2D eigenvalue weighted by Gasteiger charge is 2.58. The van der Waals surface area contributed by atoms with Crippen molar-refractivity contribution in [3.8, 4) is 34.5 Å². The number of rotatable bonds is 0. The Balaban J connectivity index is 1.66. The molecular weight excluding hydrogens is 398 g/mol. The molecule has 0 radical (unpaired) electrons. The molecule has 31 heavy (non-hydrogen) atoms. The Hall–Kier alpha value is -3.58. The largest absolute Gasteiger partial charge is 0.504 e. The summed E-state index contributed by atoms with van der Waals surface area (Å²) in [5, 5.41) is 61.1. The molecule has 3 atom stereocenters. The standard InChI is InChI=1S/C24H21NO6/c26-19-5-11-1-2-25-16-10-24(31)21(28)7-13(16)4-18(25)15-9-23(30)20(27)6-12(15)3-17(25)14(11)8-22(19)29/h5-10,17-18H,1-4H2,(H5-,26,27,28,29,30,31)/p+1/t17-,18+,25-/m0/s1. The van der Waals surface area contributed by atoms with Crippen molar-refractivity contribution in [3.05, 3.63) is 64.2 Å². The molecular formula is C24H22NO6+. The van der Waals surface area contributed by atoms with Gasteiger partial charge in [0.1, 0.15) is 17.8 Å². The van der Waals surface area contributed by atoms with Crippen LogP contribution in [0.5, 0.6) is 34.5 Å². The molecule has 3 aromatic rings. The van der Waals surface area contributed by atoms with Crippen LogP contribution in [0.3, 0.4) is 0 Å². The fraction of sp³-hybridized carbons (Fsp3) is 0.250. The maximum Gasteiger partial charge on any atom is 0.163 e. The second kappa shape index (κ2) is 5.76. The Morgan fingerprint density at radius 3 is 1.65 bits per heavy atom. The zero-order chi connectivity index (χ0) is 21.7. The molecule has 1 spiro atoms. The summed E-state index contributed by atoms with van der Waals surface area (Å²) in [5.74, 6) is -1.01. The van der Waals surface area contributed by atoms with Crippen molar-refractivity contribution in [3.63, 3.8) is 0 Å². The van der Waals surface area contributed by atoms with E-state index in [9.17, 15) is 30.6 Å². The first-order valence-electron chi connectivity index (χ1n) is 10.3. The van der Waals surface area contributed by atoms with Gasteiger partial charge in [0.2, 0.25) is 0 Å². The summed E-state index contributed by atoms with van der Waals surface area (Å²) in [6.07, 6.45) is 1.82. The molecule has 6 rings (SSSR count). The van der Waals surface area contributed by atoms with Crippen molar-refractivity contribution in [1.82, 2.24) is 4.48 Å². The Labute approximate surface area is 177 Å². The van der Waals surface area contributed by atoms with Gasteiger partial charge in [-0.3, -0.25) is 4.48 Å². The molecule has 0 fully saturated rings. The summed E-state index contributed by atoms with van der Waals surface area (Å²) in [7, 11) is 0. The van der Waals surface area contributed by atoms with Gasteiger partial charge in [-0.05, 0) is 41.5 Å². The maximum absolute atomic E-state index is 10.3. The summed E-state index contributed by atoms with van der Waals surface area (Å²) in [6, 6.07) is 9.50. The summed E-state index contributed by atoms with van der Waals surface area (Å²) in [6.45, 7) is 0.699. The van der Waals surface area contributed by atoms with E-state index in [0.717, 1.165) is 33.5 Å². The van der Waals surface area contributed by atoms with Crippen molar-refractivity contribution < 1.29 is 30.6 Å². The minimum absolute atomic E-state index is 0.0828. The van der Waals surface area contributed by atoms with Gasteiger partial charge >= 0.3 is 0 Å². The van der Waals surface area contributed by atoms with Crippen LogP contribution in [0.1, 0.15) is 39.9 Å². The van der Waals surface area contributed by atoms with E-state index in [0.29, 0.717) is 30.3 Å². The van der Waals surface area contributed by atoms with E-state index >= 15 is 0 Å². The second-order valence-electron chi connectivity index (χ2n) is 8.89. The van der Waals surface area contributed by atoms with Crippen LogP contribution in [0.15, 0.2) is 36.4 Å². The number of quaternary nitrogens is 1. The van der Waals surface area contributed by atoms with Gasteiger partial charge in [0.05, 0.1) is 6.54 Å². The predicted octanol–water partition coefficient (Wildman–Crippen LogP) is 3.38. The molecule has 0 aromatic heterocycles. The van der Waals surface area contributed by atoms with Crippen molar-refractivity contribution >= 4 is 5.69 Å². The zero-order valence-electron chi connectivity index (χ0n) is 16.6. The lowest BCUT2D eigenvalue weighted by molar-refractivity contribution is 0.127. The van der Waals surface area contributed by atoms with Crippen LogP contribution < -0.4 is 4.48 Å². The normalized spacial score (nSPS) is 25.2. The molecule has 158 valence electrons. The van der Waals surface area contributed by atoms with Gasteiger partial charge in [-0.2, -0.15) is 0 Å². The lowest BCUT2D eigenvalue weighted by Gasteiger charge is -2.52. The van der Waals surface area contributed by atoms with Crippen molar-refractivity contribution in [2.75, 3.05) is 6.54 Å². The van der Waals surface area contributed by atoms with Crippen LogP contribution in [0.25, 0.3) is 0 Å². The monoisotopic (exact) mass is 420 g/mol. The highest BCUT2D eigenvalue weighted by Crippen LogP contribution is 2.61. The first-order valence-corrected chi connectivity index (χ1v) is 10.3. The Bertz CT molecular complexity index is 1290. The minimum atomic E-state index is -0.178. The quantitative estimate of drug-likeness (QED) is 0.245. The van der Waals surface area contributed by atoms with Crippen LogP contribution in [-0.2, 0) is 19.3 Å². The highest BCUT2D eigenvalue weighted by molar-refractivity contribution is 5.68. The number of phenolic OH excluding ortho intramolecular Hbond substituents is 6. The fourth-order valence-corrected chi connectivity index (χ4v) is 6.20. The molecule has 6 N–H and O–H groups in total. The molecule has 0 amide bonds. The Morgan fingerprint density at radius 1 is 0.548 bits per heavy atom. The van der Waals surface area contributed by atoms with E-state index in [-0.39, 0.29) is 46.6 Å². The number of aromatic hydroxyl groups is 6. The van der Waals surface area contributed by atoms with Gasteiger partial charge in [-0.1, -0.05) is 0 Å². The lowest BCUT2D eigenvalue weighted by Crippen LogP contribution is -2.58. The van der Waals surface area contributed by atoms with Gasteiger partial charge in [0.25, 0.3) is 0 Å². The van der Waals surface area contributed by atoms with E-state index in [2.05, 4.69) is 0 Å². The van der Waals surface area contributed by atoms with E-state index in [1.54, 1.807) is 36.4 Å². The van der Waals surface area contributed by atoms with E-state index < -0.39 is 0 Å². The van der Waals surface area contributed by atoms with Crippen LogP contribution in [0.2, 0.25) is 0 Å². The van der Waals surface area contributed by atoms with Gasteiger partial charge in [-0.25, -0.2) is 0 Å². The molecule has 3 aromatic carbocycles. The number of hydrogen-bond acceptors (Lipinski definition) is 6. The van der Waals surface area contributed by atoms with Crippen molar-refractivity contribution in [1.29, 1.82) is 0 Å². The van der Waals surface area contributed by atoms with Gasteiger partial charge in [0, 0.05) is 42.0 Å². The number of nitrogens with zero attached hydrogens (tertiary/aromatic N) is 1. The molecule has 3 heterocycles. The smallest absolute Gasteiger partial charge is 0.163 e. The highest BCUT2D eigenvalue weighted by atomic mass is 16.3. The average Bonchev–Trinajstić information content (AvgIpc) is 3.03. The first-order chi connectivity index (χ1) is 14.8. The third-order valence-corrected chi connectivity index (χ3v) is 7.51. The molecule has 7 nitrogen and oxygen atoms in total. The van der Waals surface area contributed by atoms with Crippen molar-refractivity contribution in [2.24, 2.45) is 0 Å². The average molecular weight is 420 g/mol. The third kappa shape index (κ3) is 2.21. The zero-order valence-corrected chi connectivity index (χ0v) is 16.6. The molecule has 0 aliphatic carbocycles. The number of hydrogen-bond donors (Lipinski definition) is 6. The van der Waals surface area contributed by atoms with E-state index in [4.69, 9.17) is 0 Å². The number of benzene rings is 3. The Kier molecular flexibility index (Phi) is 3.39. The lowest BCUT2D eigenvalue weighted by atomic mass is 9.78. The molecule has 3 aliphatic heterocycles. The molecule has 0 unspecified atom stereocenters.